The monoisotopic (exact) mass is 1650 g/mol. The molecule has 531 valence electrons. The van der Waals surface area contributed by atoms with Crippen LogP contribution in [-0.4, -0.2) is 94.8 Å². The molecule has 0 spiro atoms. The van der Waals surface area contributed by atoms with E-state index in [0.717, 1.165) is 135 Å². The molecule has 10 aliphatic carbocycles. The number of aliphatic carboxylic acids is 3. The smallest absolute Gasteiger partial charge is 0 e. The molecule has 0 aliphatic heterocycles. The summed E-state index contributed by atoms with van der Waals surface area (Å²) < 4.78 is 11.6. The number of amides is 1. The summed E-state index contributed by atoms with van der Waals surface area (Å²) in [5.74, 6) is 5.90. The first-order chi connectivity index (χ1) is 42.6. The molecule has 10 aliphatic rings. The van der Waals surface area contributed by atoms with E-state index in [0.29, 0.717) is 16.2 Å². The van der Waals surface area contributed by atoms with Gasteiger partial charge in [-0.25, -0.2) is 9.59 Å². The first kappa shape index (κ1) is 80.5. The summed E-state index contributed by atoms with van der Waals surface area (Å²) in [6, 6.07) is -1.04. The maximum atomic E-state index is 12.3. The average Bonchev–Trinajstić information content (AvgIpc) is 1.72. The van der Waals surface area contributed by atoms with Crippen molar-refractivity contribution in [1.29, 1.82) is 0 Å². The summed E-state index contributed by atoms with van der Waals surface area (Å²) in [4.78, 5) is 45.4. The van der Waals surface area contributed by atoms with Crippen molar-refractivity contribution in [3.05, 3.63) is 34.8 Å². The number of halogens is 1. The fourth-order valence-corrected chi connectivity index (χ4v) is 20.9. The van der Waals surface area contributed by atoms with E-state index in [9.17, 15) is 24.3 Å². The quantitative estimate of drug-likeness (QED) is 0.0625. The Morgan fingerprint density at radius 3 is 1.34 bits per heavy atom. The van der Waals surface area contributed by atoms with Crippen molar-refractivity contribution in [1.82, 2.24) is 5.32 Å². The van der Waals surface area contributed by atoms with Gasteiger partial charge in [0.1, 0.15) is 19.3 Å². The summed E-state index contributed by atoms with van der Waals surface area (Å²) in [6.07, 6.45) is 41.2. The maximum absolute atomic E-state index is 12.3. The molecular weight excluding hydrogens is 1530 g/mol. The van der Waals surface area contributed by atoms with Gasteiger partial charge in [0.2, 0.25) is 5.91 Å². The second kappa shape index (κ2) is 37.1. The predicted molar refractivity (Wildman–Crippen MR) is 360 cm³/mol. The van der Waals surface area contributed by atoms with Crippen molar-refractivity contribution >= 4 is 33.2 Å². The van der Waals surface area contributed by atoms with Crippen molar-refractivity contribution in [2.45, 2.75) is 311 Å². The molecule has 0 bridgehead atoms. The van der Waals surface area contributed by atoms with Gasteiger partial charge in [-0.05, 0) is 208 Å². The molecule has 0 heterocycles. The molecule has 10 rings (SSSR count). The molecule has 1 amide bonds. The molecule has 10 N–H and O–H groups in total. The fraction of sp³-hybridized carbons (Fsp3) is 0.892. The van der Waals surface area contributed by atoms with E-state index < -0.39 is 36.3 Å². The molecule has 0 aromatic heterocycles. The molecule has 17 heteroatoms. The van der Waals surface area contributed by atoms with Crippen LogP contribution in [0, 0.1) is 92.7 Å². The Bertz CT molecular complexity index is 2310. The topological polar surface area (TPSA) is 259 Å². The largest absolute Gasteiger partial charge is 0.676 e. The Morgan fingerprint density at radius 2 is 0.978 bits per heavy atom. The van der Waals surface area contributed by atoms with Gasteiger partial charge >= 0.3 is 46.1 Å². The predicted octanol–water partition coefficient (Wildman–Crippen LogP) is 17.3. The average molecular weight is 1660 g/mol. The number of carboxylic acids is 3. The van der Waals surface area contributed by atoms with Gasteiger partial charge in [0.25, 0.3) is 0 Å². The molecule has 0 radical (unpaired) electrons. The van der Waals surface area contributed by atoms with E-state index in [2.05, 4.69) is 96.1 Å². The molecule has 14 nitrogen and oxygen atoms in total. The van der Waals surface area contributed by atoms with E-state index in [-0.39, 0.29) is 76.1 Å². The summed E-state index contributed by atoms with van der Waals surface area (Å²) in [7, 11) is 4.61. The van der Waals surface area contributed by atoms with Crippen LogP contribution in [0.3, 0.4) is 0 Å². The normalized spacial score (nSPS) is 37.9. The molecule has 8 saturated carbocycles. The summed E-state index contributed by atoms with van der Waals surface area (Å²) in [5, 5.41) is 29.3. The number of allylic oxidation sites excluding steroid dienone is 2. The van der Waals surface area contributed by atoms with Crippen LogP contribution in [0.15, 0.2) is 23.3 Å². The number of nitrogens with one attached hydrogen (secondary N) is 3. The van der Waals surface area contributed by atoms with E-state index >= 15 is 0 Å². The van der Waals surface area contributed by atoms with Crippen LogP contribution in [0.4, 0.5) is 0 Å². The van der Waals surface area contributed by atoms with Crippen molar-refractivity contribution in [2.24, 2.45) is 104 Å². The van der Waals surface area contributed by atoms with Crippen LogP contribution in [0.5, 0.6) is 0 Å². The Kier molecular flexibility index (Phi) is 32.8. The molecule has 21 atom stereocenters. The van der Waals surface area contributed by atoms with Gasteiger partial charge in [-0.2, -0.15) is 12.1 Å². The van der Waals surface area contributed by atoms with Crippen molar-refractivity contribution in [2.75, 3.05) is 13.2 Å². The van der Waals surface area contributed by atoms with Gasteiger partial charge in [0.15, 0.2) is 0 Å². The number of rotatable bonds is 20. The number of fused-ring (bicyclic) bond motifs is 10. The van der Waals surface area contributed by atoms with Gasteiger partial charge in [-0.3, -0.25) is 9.59 Å². The summed E-state index contributed by atoms with van der Waals surface area (Å²) >= 11 is 1.61. The van der Waals surface area contributed by atoms with Crippen LogP contribution < -0.4 is 16.8 Å². The van der Waals surface area contributed by atoms with Crippen molar-refractivity contribution < 1.29 is 83.8 Å². The van der Waals surface area contributed by atoms with Crippen LogP contribution in [0.2, 0.25) is 0 Å². The number of hydrogen-bond acceptors (Lipinski definition) is 8. The molecule has 4 unspecified atom stereocenters. The van der Waals surface area contributed by atoms with Crippen molar-refractivity contribution in [3.8, 4) is 0 Å². The minimum Gasteiger partial charge on any atom is -0.676 e. The zero-order valence-electron chi connectivity index (χ0n) is 57.9. The van der Waals surface area contributed by atoms with Gasteiger partial charge in [0.05, 0.1) is 18.6 Å². The Morgan fingerprint density at radius 1 is 0.571 bits per heavy atom. The third kappa shape index (κ3) is 20.9. The minimum atomic E-state index is -1.45. The van der Waals surface area contributed by atoms with E-state index in [1.165, 1.54) is 134 Å². The first-order valence-electron chi connectivity index (χ1n) is 36.2. The number of ether oxygens (including phenoxy) is 2. The van der Waals surface area contributed by atoms with Gasteiger partial charge in [-0.15, -0.1) is 0 Å². The van der Waals surface area contributed by atoms with Gasteiger partial charge in [0, 0.05) is 33.1 Å². The molecule has 0 aromatic carbocycles. The zero-order chi connectivity index (χ0) is 66.3. The number of carboxylic acid groups (broad SMARTS) is 3. The Balaban J connectivity index is 0.000000260. The maximum Gasteiger partial charge on any atom is 0 e. The van der Waals surface area contributed by atoms with Crippen LogP contribution >= 0.6 is 9.42 Å². The number of nitrogens with two attached hydrogens (primary N) is 2. The number of hydrogen-bond donors (Lipinski definition) is 6. The second-order valence-corrected chi connectivity index (χ2v) is 32.5. The van der Waals surface area contributed by atoms with Crippen molar-refractivity contribution in [3.63, 3.8) is 0 Å². The van der Waals surface area contributed by atoms with E-state index in [4.69, 9.17) is 42.6 Å². The molecule has 0 aromatic rings. The van der Waals surface area contributed by atoms with Crippen LogP contribution in [0.1, 0.15) is 268 Å². The SMILES string of the molecule is CC(C)CCC[C@@H](C)[C@H]1CCC2C3CC=C4C[C@@H](OCC(=O)O)CC[C@]4(C)C3CC[C@@]21C.CC(C)CCC[C@@H](C)[C@H]1CC[C@H]2[C@@H]3CC=C4C[C@@H](OCC(=O)NC(CC(=O)O)C(=O)O)CC[C@]4(C)[C@H]3CC[C@]12C.N[C@@H]1CCCC[C@H]1N.[Cl][Pt].[NH-][C@@H]1CCCC[C@H]1[NH-].[Pt]. The van der Waals surface area contributed by atoms with E-state index in [1.54, 1.807) is 24.3 Å². The summed E-state index contributed by atoms with van der Waals surface area (Å²) in [6.45, 7) is 24.4. The number of carbonyl (C=O) groups excluding carboxylic acids is 1. The third-order valence-electron chi connectivity index (χ3n) is 26.1. The van der Waals surface area contributed by atoms with Crippen LogP contribution in [0.25, 0.3) is 11.5 Å². The first-order valence-corrected chi connectivity index (χ1v) is 39.1. The van der Waals surface area contributed by atoms with Gasteiger partial charge < -0.3 is 53.0 Å². The Labute approximate surface area is 581 Å². The van der Waals surface area contributed by atoms with Crippen LogP contribution in [-0.2, 0) is 68.5 Å². The Hall–Kier alpha value is -1.21. The zero-order valence-corrected chi connectivity index (χ0v) is 63.2. The van der Waals surface area contributed by atoms with E-state index in [1.807, 2.05) is 0 Å². The summed E-state index contributed by atoms with van der Waals surface area (Å²) in [5.41, 5.74) is 30.5. The minimum absolute atomic E-state index is 0. The standard InChI is InChI=1S/C33H53NO6.C29H48O3.C6H14N2.C6H12N2.ClH.2Pt/c1-20(2)7-6-8-21(3)25-11-12-26-24-10-9-22-17-23(13-15-32(22,4)27(24)14-16-33(25,26)5)40-19-29(35)34-28(31(38)39)18-30(36)37;1-19(2)7-6-8-20(3)24-11-12-25-23-10-9-21-17-22(32-18-27(30)31)13-15-28(21,4)26(23)14-16-29(24,25)5;2*7-5-3-1-2-4-6(5)8;;;/h9,20-21,23-28H,6-8,10-19H2,1-5H3,(H,34,35)(H,36,37)(H,38,39);9,19-20,22-26H,6-8,10-18H2,1-5H3,(H,30,31);5-6H,1-4,7-8H2;5-8H,1-4H2;1H;;/q;;;-2;;;+1/p-1/t21-,23+,24+,25-,26+,27+,28?,32+,33-;20-,22+,23?,24-,25?,26?,28+,29-;2*5-,6-;;;/m1111.../s1. The molecule has 8 fully saturated rings. The van der Waals surface area contributed by atoms with Gasteiger partial charge in [-0.1, -0.05) is 170 Å². The molecule has 0 saturated heterocycles. The molecular formula is C74H127ClN5O9Pt2-2. The molecule has 91 heavy (non-hydrogen) atoms. The number of carbonyl (C=O) groups is 4. The fourth-order valence-electron chi connectivity index (χ4n) is 20.9. The third-order valence-corrected chi connectivity index (χ3v) is 26.1. The second-order valence-electron chi connectivity index (χ2n) is 32.5.